The second-order valence-corrected chi connectivity index (χ2v) is 20.8. The molecule has 2 aromatic heterocycles. The summed E-state index contributed by atoms with van der Waals surface area (Å²) >= 11 is 11.8. The van der Waals surface area contributed by atoms with Gasteiger partial charge in [0.1, 0.15) is 58.1 Å². The maximum atomic E-state index is 13.1. The van der Waals surface area contributed by atoms with Gasteiger partial charge in [0.05, 0.1) is 39.9 Å². The third-order valence-electron chi connectivity index (χ3n) is 11.1. The van der Waals surface area contributed by atoms with Gasteiger partial charge >= 0.3 is 0 Å². The van der Waals surface area contributed by atoms with Crippen molar-refractivity contribution in [3.05, 3.63) is 129 Å². The van der Waals surface area contributed by atoms with E-state index in [0.717, 1.165) is 36.8 Å². The number of benzene rings is 4. The Bertz CT molecular complexity index is 2560. The van der Waals surface area contributed by atoms with Gasteiger partial charge in [-0.2, -0.15) is 0 Å². The summed E-state index contributed by atoms with van der Waals surface area (Å²) in [5.74, 6) is 3.14. The first-order valence-corrected chi connectivity index (χ1v) is 25.7. The molecule has 0 spiro atoms. The monoisotopic (exact) mass is 1010 g/mol. The summed E-state index contributed by atoms with van der Waals surface area (Å²) in [5, 5.41) is 18.4. The van der Waals surface area contributed by atoms with Crippen LogP contribution in [0.1, 0.15) is 87.2 Å². The molecule has 6 aromatic rings. The van der Waals surface area contributed by atoms with E-state index < -0.39 is 19.7 Å². The number of para-hydroxylation sites is 2. The number of rotatable bonds is 18. The molecule has 2 saturated heterocycles. The lowest BCUT2D eigenvalue weighted by Gasteiger charge is -2.19. The molecule has 0 N–H and O–H groups in total. The van der Waals surface area contributed by atoms with Gasteiger partial charge in [-0.15, -0.1) is 20.4 Å². The number of hydrogen-bond acceptors (Lipinski definition) is 14. The highest BCUT2D eigenvalue weighted by Gasteiger charge is 2.32. The van der Waals surface area contributed by atoms with Gasteiger partial charge in [-0.05, 0) is 98.2 Å². The van der Waals surface area contributed by atoms with E-state index in [2.05, 4.69) is 20.4 Å². The first-order chi connectivity index (χ1) is 31.8. The molecule has 0 radical (unpaired) electrons. The van der Waals surface area contributed by atoms with E-state index in [1.54, 1.807) is 98.2 Å². The summed E-state index contributed by atoms with van der Waals surface area (Å²) in [6, 6.07) is 25.1. The quantitative estimate of drug-likeness (QED) is 0.0794. The Morgan fingerprint density at radius 3 is 1.18 bits per heavy atom. The number of hydrogen-bond donors (Lipinski definition) is 0. The summed E-state index contributed by atoms with van der Waals surface area (Å²) in [6.45, 7) is 1.24. The molecule has 0 aliphatic carbocycles. The maximum Gasteiger partial charge on any atom is 0.167 e. The molecule has 4 aromatic carbocycles. The molecular formula is C48H60Cl2N6O10S2. The Labute approximate surface area is 409 Å². The molecule has 0 amide bonds. The van der Waals surface area contributed by atoms with Gasteiger partial charge < -0.3 is 28.4 Å². The van der Waals surface area contributed by atoms with Gasteiger partial charge in [0.25, 0.3) is 0 Å². The van der Waals surface area contributed by atoms with Gasteiger partial charge in [0.2, 0.25) is 0 Å². The molecule has 16 nitrogen and oxygen atoms in total. The number of nitrogens with zero attached hydrogens (tertiary/aromatic N) is 6. The Kier molecular flexibility index (Phi) is 19.2. The molecule has 2 atom stereocenters. The molecule has 0 unspecified atom stereocenters. The van der Waals surface area contributed by atoms with Crippen molar-refractivity contribution in [2.45, 2.75) is 77.1 Å². The molecule has 2 aliphatic heterocycles. The average molecular weight is 1020 g/mol. The largest absolute Gasteiger partial charge is 0.494 e. The zero-order valence-corrected chi connectivity index (χ0v) is 40.2. The topological polar surface area (TPSA) is 185 Å². The van der Waals surface area contributed by atoms with Crippen molar-refractivity contribution in [1.82, 2.24) is 29.5 Å². The first kappa shape index (κ1) is 53.7. The van der Waals surface area contributed by atoms with Gasteiger partial charge in [-0.25, -0.2) is 16.8 Å². The number of sulfone groups is 2. The van der Waals surface area contributed by atoms with Crippen LogP contribution in [0.4, 0.5) is 0 Å². The number of methoxy groups -OCH3 is 4. The second kappa shape index (κ2) is 24.4. The molecule has 368 valence electrons. The summed E-state index contributed by atoms with van der Waals surface area (Å²) in [7, 11) is -0.793. The van der Waals surface area contributed by atoms with Crippen molar-refractivity contribution in [2.75, 3.05) is 53.2 Å². The number of halogens is 2. The van der Waals surface area contributed by atoms with E-state index in [4.69, 9.17) is 51.6 Å². The normalized spacial score (nSPS) is 15.7. The fourth-order valence-corrected chi connectivity index (χ4v) is 10.6. The standard InChI is InChI=1S/2C23H26ClN3O5S.2CH4/c2*1-30-18-5-3-6-19(31-2)22(18)27-21(25-26-23(27)20-7-4-13-32-20)15-33(28,29)14-12-16-8-10-17(24)11-9-16;;/h2*3,5-6,8-11,20H,4,7,12-15H2,1-2H3;2*1H4/t2*20-;;/m10../s1. The van der Waals surface area contributed by atoms with Gasteiger partial charge in [0.15, 0.2) is 43.0 Å². The van der Waals surface area contributed by atoms with E-state index in [0.29, 0.717) is 93.8 Å². The van der Waals surface area contributed by atoms with E-state index >= 15 is 0 Å². The van der Waals surface area contributed by atoms with Crippen LogP contribution in [0.25, 0.3) is 11.4 Å². The third-order valence-corrected chi connectivity index (χ3v) is 14.7. The maximum absolute atomic E-state index is 13.1. The fourth-order valence-electron chi connectivity index (χ4n) is 7.81. The smallest absolute Gasteiger partial charge is 0.167 e. The lowest BCUT2D eigenvalue weighted by molar-refractivity contribution is 0.103. The molecule has 0 saturated carbocycles. The minimum atomic E-state index is -3.50. The average Bonchev–Trinajstić information content (AvgIpc) is 4.17. The fraction of sp³-hybridized carbons (Fsp3) is 0.417. The molecule has 20 heteroatoms. The van der Waals surface area contributed by atoms with Crippen molar-refractivity contribution in [3.63, 3.8) is 0 Å². The van der Waals surface area contributed by atoms with Gasteiger partial charge in [-0.3, -0.25) is 9.13 Å². The molecule has 2 fully saturated rings. The van der Waals surface area contributed by atoms with E-state index in [9.17, 15) is 16.8 Å². The summed E-state index contributed by atoms with van der Waals surface area (Å²) in [6.07, 6.45) is 3.55. The van der Waals surface area contributed by atoms with Crippen LogP contribution >= 0.6 is 23.2 Å². The van der Waals surface area contributed by atoms with E-state index in [1.807, 2.05) is 24.3 Å². The number of aryl methyl sites for hydroxylation is 2. The Morgan fingerprint density at radius 2 is 0.882 bits per heavy atom. The Hall–Kier alpha value is -5.24. The van der Waals surface area contributed by atoms with Gasteiger partial charge in [0, 0.05) is 23.3 Å². The van der Waals surface area contributed by atoms with Crippen molar-refractivity contribution in [3.8, 4) is 34.4 Å². The molecule has 4 heterocycles. The summed E-state index contributed by atoms with van der Waals surface area (Å²) in [5.41, 5.74) is 2.91. The predicted molar refractivity (Wildman–Crippen MR) is 264 cm³/mol. The van der Waals surface area contributed by atoms with Crippen LogP contribution < -0.4 is 18.9 Å². The lowest BCUT2D eigenvalue weighted by atomic mass is 10.2. The number of aromatic nitrogens is 6. The molecule has 0 bridgehead atoms. The van der Waals surface area contributed by atoms with Crippen LogP contribution in [0.2, 0.25) is 10.0 Å². The minimum absolute atomic E-state index is 0. The summed E-state index contributed by atoms with van der Waals surface area (Å²) < 4.78 is 89.7. The Morgan fingerprint density at radius 1 is 0.544 bits per heavy atom. The van der Waals surface area contributed by atoms with Gasteiger partial charge in [-0.1, -0.05) is 74.5 Å². The van der Waals surface area contributed by atoms with Crippen molar-refractivity contribution in [2.24, 2.45) is 0 Å². The van der Waals surface area contributed by atoms with E-state index in [1.165, 1.54) is 0 Å². The number of ether oxygens (including phenoxy) is 6. The SMILES string of the molecule is C.C.COc1cccc(OC)c1-n1c(CS(=O)(=O)CCc2ccc(Cl)cc2)nnc1[C@@H]1CCCO1.COc1cccc(OC)c1-n1c(CS(=O)(=O)CCc2ccc(Cl)cc2)nnc1[C@H]1CCCO1. The van der Waals surface area contributed by atoms with Crippen LogP contribution in [0, 0.1) is 0 Å². The highest BCUT2D eigenvalue weighted by atomic mass is 35.5. The third kappa shape index (κ3) is 13.1. The van der Waals surface area contributed by atoms with Crippen LogP contribution in [0.15, 0.2) is 84.9 Å². The highest BCUT2D eigenvalue weighted by Crippen LogP contribution is 2.39. The molecular weight excluding hydrogens is 956 g/mol. The van der Waals surface area contributed by atoms with Crippen LogP contribution in [0.3, 0.4) is 0 Å². The zero-order valence-electron chi connectivity index (χ0n) is 37.1. The van der Waals surface area contributed by atoms with Crippen molar-refractivity contribution in [1.29, 1.82) is 0 Å². The molecule has 2 aliphatic rings. The minimum Gasteiger partial charge on any atom is -0.494 e. The van der Waals surface area contributed by atoms with E-state index in [-0.39, 0.29) is 50.1 Å². The highest BCUT2D eigenvalue weighted by molar-refractivity contribution is 7.90. The van der Waals surface area contributed by atoms with Crippen molar-refractivity contribution >= 4 is 42.9 Å². The first-order valence-electron chi connectivity index (χ1n) is 21.3. The zero-order chi connectivity index (χ0) is 46.8. The van der Waals surface area contributed by atoms with Crippen molar-refractivity contribution < 1.29 is 45.3 Å². The van der Waals surface area contributed by atoms with Crippen LogP contribution in [-0.4, -0.2) is 99.5 Å². The summed E-state index contributed by atoms with van der Waals surface area (Å²) in [4.78, 5) is 0. The molecule has 68 heavy (non-hydrogen) atoms. The lowest BCUT2D eigenvalue weighted by Crippen LogP contribution is -2.17. The van der Waals surface area contributed by atoms with Crippen LogP contribution in [0.5, 0.6) is 23.0 Å². The van der Waals surface area contributed by atoms with Crippen LogP contribution in [-0.2, 0) is 53.5 Å². The predicted octanol–water partition coefficient (Wildman–Crippen LogP) is 9.17. The second-order valence-electron chi connectivity index (χ2n) is 15.6. The molecule has 8 rings (SSSR count). The Balaban J connectivity index is 0.000000247.